The van der Waals surface area contributed by atoms with Gasteiger partial charge < -0.3 is 14.4 Å². The number of benzene rings is 2. The molecule has 164 valence electrons. The number of rotatable bonds is 10. The van der Waals surface area contributed by atoms with Gasteiger partial charge in [-0.3, -0.25) is 14.7 Å². The third-order valence-corrected chi connectivity index (χ3v) is 7.41. The van der Waals surface area contributed by atoms with Crippen LogP contribution in [0.1, 0.15) is 44.6 Å². The first-order valence-corrected chi connectivity index (χ1v) is 12.5. The van der Waals surface area contributed by atoms with Crippen molar-refractivity contribution in [1.29, 1.82) is 0 Å². The number of nitrogens with zero attached hydrogens (tertiary/aromatic N) is 1. The average Bonchev–Trinajstić information content (AvgIpc) is 2.65. The van der Waals surface area contributed by atoms with E-state index in [1.807, 2.05) is 30.5 Å². The summed E-state index contributed by atoms with van der Waals surface area (Å²) in [6.45, 7) is 8.99. The third-order valence-electron chi connectivity index (χ3n) is 4.18. The first-order chi connectivity index (χ1) is 14.1. The number of nitro groups is 1. The molecule has 0 amide bonds. The minimum absolute atomic E-state index is 0.000956. The minimum atomic E-state index is -3.66. The fourth-order valence-corrected chi connectivity index (χ4v) is 5.65. The van der Waals surface area contributed by atoms with Crippen LogP contribution in [0, 0.1) is 17.0 Å². The molecule has 1 N–H and O–H groups in total. The van der Waals surface area contributed by atoms with Crippen molar-refractivity contribution >= 4 is 30.7 Å². The van der Waals surface area contributed by atoms with Crippen molar-refractivity contribution in [3.63, 3.8) is 0 Å². The van der Waals surface area contributed by atoms with Crippen LogP contribution in [-0.2, 0) is 13.6 Å². The summed E-state index contributed by atoms with van der Waals surface area (Å²) in [6, 6.07) is 12.2. The van der Waals surface area contributed by atoms with Gasteiger partial charge in [0, 0.05) is 22.7 Å². The van der Waals surface area contributed by atoms with Gasteiger partial charge in [0.1, 0.15) is 0 Å². The predicted octanol–water partition coefficient (Wildman–Crippen LogP) is 6.78. The molecule has 0 aliphatic rings. The van der Waals surface area contributed by atoms with Gasteiger partial charge in [0.25, 0.3) is 5.69 Å². The highest BCUT2D eigenvalue weighted by molar-refractivity contribution is 7.98. The molecule has 0 saturated heterocycles. The Morgan fingerprint density at radius 1 is 1.03 bits per heavy atom. The molecule has 0 saturated carbocycles. The van der Waals surface area contributed by atoms with Gasteiger partial charge in [-0.1, -0.05) is 12.1 Å². The van der Waals surface area contributed by atoms with Crippen LogP contribution >= 0.6 is 19.4 Å². The van der Waals surface area contributed by atoms with Gasteiger partial charge in [-0.25, -0.2) is 0 Å². The van der Waals surface area contributed by atoms with Crippen LogP contribution in [0.2, 0.25) is 0 Å². The summed E-state index contributed by atoms with van der Waals surface area (Å²) in [6.07, 6.45) is 1.35. The highest BCUT2D eigenvalue weighted by atomic mass is 32.2. The second kappa shape index (κ2) is 10.4. The lowest BCUT2D eigenvalue weighted by Gasteiger charge is -2.31. The molecule has 0 spiro atoms. The largest absolute Gasteiger partial charge is 0.368 e. The average molecular weight is 453 g/mol. The molecule has 7 nitrogen and oxygen atoms in total. The van der Waals surface area contributed by atoms with Crippen molar-refractivity contribution < 1.29 is 18.5 Å². The lowest BCUT2D eigenvalue weighted by Crippen LogP contribution is -2.19. The summed E-state index contributed by atoms with van der Waals surface area (Å²) < 4.78 is 25.7. The van der Waals surface area contributed by atoms with E-state index in [-0.39, 0.29) is 17.9 Å². The SMILES string of the molecule is CSc1ccc(C(Nc2ccc([N+](=O)[O-])cc2C)P(=O)(OC(C)C)OC(C)C)cc1. The van der Waals surface area contributed by atoms with E-state index in [4.69, 9.17) is 9.05 Å². The molecule has 2 rings (SSSR count). The molecule has 2 aromatic carbocycles. The van der Waals surface area contributed by atoms with Gasteiger partial charge in [-0.2, -0.15) is 0 Å². The molecule has 2 aromatic rings. The van der Waals surface area contributed by atoms with Crippen LogP contribution in [0.25, 0.3) is 0 Å². The summed E-state index contributed by atoms with van der Waals surface area (Å²) in [5, 5.41) is 14.3. The zero-order valence-electron chi connectivity index (χ0n) is 18.1. The standard InChI is InChI=1S/C21H29N2O5PS/c1-14(2)27-29(26,28-15(3)4)21(17-7-10-19(30-6)11-8-17)22-20-12-9-18(23(24)25)13-16(20)5/h7-15,21-22H,1-6H3. The van der Waals surface area contributed by atoms with Gasteiger partial charge in [0.05, 0.1) is 17.1 Å². The molecule has 0 heterocycles. The van der Waals surface area contributed by atoms with E-state index in [1.165, 1.54) is 12.1 Å². The topological polar surface area (TPSA) is 90.7 Å². The van der Waals surface area contributed by atoms with Crippen molar-refractivity contribution in [1.82, 2.24) is 0 Å². The normalized spacial score (nSPS) is 12.9. The number of nitrogens with one attached hydrogen (secondary N) is 1. The van der Waals surface area contributed by atoms with Crippen molar-refractivity contribution in [2.24, 2.45) is 0 Å². The first-order valence-electron chi connectivity index (χ1n) is 9.67. The lowest BCUT2D eigenvalue weighted by molar-refractivity contribution is -0.384. The lowest BCUT2D eigenvalue weighted by atomic mass is 10.1. The van der Waals surface area contributed by atoms with E-state index in [0.29, 0.717) is 11.3 Å². The van der Waals surface area contributed by atoms with Crippen molar-refractivity contribution in [2.75, 3.05) is 11.6 Å². The summed E-state index contributed by atoms with van der Waals surface area (Å²) in [4.78, 5) is 11.7. The highest BCUT2D eigenvalue weighted by Crippen LogP contribution is 2.62. The third kappa shape index (κ3) is 6.32. The van der Waals surface area contributed by atoms with Gasteiger partial charge in [0.15, 0.2) is 5.78 Å². The molecular formula is C21H29N2O5PS. The van der Waals surface area contributed by atoms with Gasteiger partial charge in [-0.05, 0) is 70.2 Å². The molecule has 0 bridgehead atoms. The number of hydrogen-bond acceptors (Lipinski definition) is 7. The highest BCUT2D eigenvalue weighted by Gasteiger charge is 2.39. The molecule has 0 aromatic heterocycles. The monoisotopic (exact) mass is 452 g/mol. The van der Waals surface area contributed by atoms with Gasteiger partial charge in [0.2, 0.25) is 0 Å². The van der Waals surface area contributed by atoms with E-state index in [1.54, 1.807) is 52.4 Å². The van der Waals surface area contributed by atoms with Gasteiger partial charge >= 0.3 is 7.60 Å². The molecular weight excluding hydrogens is 423 g/mol. The molecule has 0 radical (unpaired) electrons. The fourth-order valence-electron chi connectivity index (χ4n) is 2.94. The molecule has 0 aliphatic carbocycles. The summed E-state index contributed by atoms with van der Waals surface area (Å²) in [5.74, 6) is -0.779. The number of anilines is 1. The fraction of sp³-hybridized carbons (Fsp3) is 0.429. The predicted molar refractivity (Wildman–Crippen MR) is 122 cm³/mol. The summed E-state index contributed by atoms with van der Waals surface area (Å²) in [7, 11) is -3.66. The van der Waals surface area contributed by atoms with Crippen LogP contribution in [0.4, 0.5) is 11.4 Å². The second-order valence-corrected chi connectivity index (χ2v) is 10.3. The Hall–Kier alpha value is -1.86. The Balaban J connectivity index is 2.54. The van der Waals surface area contributed by atoms with Crippen LogP contribution in [-0.4, -0.2) is 23.4 Å². The first kappa shape index (κ1) is 24.4. The Morgan fingerprint density at radius 3 is 2.03 bits per heavy atom. The number of non-ortho nitro benzene ring substituents is 1. The Labute approximate surface area is 182 Å². The van der Waals surface area contributed by atoms with Gasteiger partial charge in [-0.15, -0.1) is 11.8 Å². The number of aryl methyl sites for hydroxylation is 1. The number of thioether (sulfide) groups is 1. The Bertz CT molecular complexity index is 904. The maximum atomic E-state index is 14.0. The molecule has 1 unspecified atom stereocenters. The molecule has 1 atom stereocenters. The molecule has 0 fully saturated rings. The van der Waals surface area contributed by atoms with Crippen LogP contribution < -0.4 is 5.32 Å². The molecule has 9 heteroatoms. The quantitative estimate of drug-likeness (QED) is 0.184. The van der Waals surface area contributed by atoms with Crippen LogP contribution in [0.3, 0.4) is 0 Å². The Morgan fingerprint density at radius 2 is 1.60 bits per heavy atom. The van der Waals surface area contributed by atoms with Crippen LogP contribution in [0.5, 0.6) is 0 Å². The van der Waals surface area contributed by atoms with Crippen molar-refractivity contribution in [2.45, 2.75) is 57.5 Å². The van der Waals surface area contributed by atoms with Crippen molar-refractivity contribution in [3.8, 4) is 0 Å². The van der Waals surface area contributed by atoms with E-state index in [9.17, 15) is 14.7 Å². The number of hydrogen-bond donors (Lipinski definition) is 1. The van der Waals surface area contributed by atoms with E-state index < -0.39 is 18.3 Å². The summed E-state index contributed by atoms with van der Waals surface area (Å²) >= 11 is 1.61. The second-order valence-electron chi connectivity index (χ2n) is 7.42. The maximum absolute atomic E-state index is 14.0. The van der Waals surface area contributed by atoms with E-state index >= 15 is 0 Å². The zero-order chi connectivity index (χ0) is 22.5. The maximum Gasteiger partial charge on any atom is 0.357 e. The minimum Gasteiger partial charge on any atom is -0.368 e. The van der Waals surface area contributed by atoms with Crippen molar-refractivity contribution in [3.05, 3.63) is 63.7 Å². The smallest absolute Gasteiger partial charge is 0.357 e. The van der Waals surface area contributed by atoms with E-state index in [0.717, 1.165) is 10.5 Å². The number of nitro benzene ring substituents is 1. The van der Waals surface area contributed by atoms with E-state index in [2.05, 4.69) is 5.32 Å². The zero-order valence-corrected chi connectivity index (χ0v) is 19.8. The Kier molecular flexibility index (Phi) is 8.50. The van der Waals surface area contributed by atoms with Crippen LogP contribution in [0.15, 0.2) is 47.4 Å². The summed E-state index contributed by atoms with van der Waals surface area (Å²) in [5.41, 5.74) is 2.03. The molecule has 0 aliphatic heterocycles. The molecule has 30 heavy (non-hydrogen) atoms.